The van der Waals surface area contributed by atoms with Gasteiger partial charge >= 0.3 is 5.97 Å². The lowest BCUT2D eigenvalue weighted by atomic mass is 9.80. The van der Waals surface area contributed by atoms with E-state index in [2.05, 4.69) is 0 Å². The molecule has 0 N–H and O–H groups in total. The van der Waals surface area contributed by atoms with Crippen molar-refractivity contribution in [2.75, 3.05) is 6.61 Å². The lowest BCUT2D eigenvalue weighted by molar-refractivity contribution is -0.218. The van der Waals surface area contributed by atoms with Gasteiger partial charge in [0.05, 0.1) is 0 Å². The van der Waals surface area contributed by atoms with Crippen LogP contribution in [-0.2, 0) is 38.9 Å². The molecule has 0 saturated carbocycles. The monoisotopic (exact) mass is 502 g/mol. The molecule has 37 heavy (non-hydrogen) atoms. The Bertz CT molecular complexity index is 1130. The van der Waals surface area contributed by atoms with Gasteiger partial charge in [-0.25, -0.2) is 0 Å². The van der Waals surface area contributed by atoms with Gasteiger partial charge < -0.3 is 23.7 Å². The number of fused-ring (bicyclic) bond motifs is 1. The van der Waals surface area contributed by atoms with Crippen LogP contribution in [0.3, 0.4) is 0 Å². The minimum atomic E-state index is -1.09. The third-order valence-corrected chi connectivity index (χ3v) is 6.58. The number of hydrogen-bond donors (Lipinski definition) is 0. The predicted octanol–water partition coefficient (Wildman–Crippen LogP) is 4.37. The first-order valence-corrected chi connectivity index (χ1v) is 12.3. The van der Waals surface area contributed by atoms with Gasteiger partial charge in [-0.15, -0.1) is 0 Å². The van der Waals surface area contributed by atoms with Crippen LogP contribution in [0.2, 0.25) is 0 Å². The Morgan fingerprint density at radius 3 is 1.76 bits per heavy atom. The smallest absolute Gasteiger partial charge is 0.303 e. The van der Waals surface area contributed by atoms with E-state index < -0.39 is 42.0 Å². The van der Waals surface area contributed by atoms with Gasteiger partial charge in [0.15, 0.2) is 36.2 Å². The van der Waals surface area contributed by atoms with Crippen molar-refractivity contribution < 1.29 is 33.3 Å². The Labute approximate surface area is 216 Å². The summed E-state index contributed by atoms with van der Waals surface area (Å²) in [4.78, 5) is 25.5. The fourth-order valence-electron chi connectivity index (χ4n) is 5.09. The van der Waals surface area contributed by atoms with Gasteiger partial charge in [-0.05, 0) is 30.5 Å². The van der Waals surface area contributed by atoms with Crippen LogP contribution in [0.25, 0.3) is 0 Å². The first-order chi connectivity index (χ1) is 17.8. The van der Waals surface area contributed by atoms with Gasteiger partial charge in [-0.1, -0.05) is 91.0 Å². The molecule has 4 atom stereocenters. The molecule has 0 unspecified atom stereocenters. The molecule has 3 aromatic carbocycles. The highest BCUT2D eigenvalue weighted by Gasteiger charge is 2.58. The fraction of sp³-hybridized carbons (Fsp3) is 0.333. The van der Waals surface area contributed by atoms with Crippen molar-refractivity contribution in [3.8, 4) is 0 Å². The molecule has 0 radical (unpaired) electrons. The van der Waals surface area contributed by atoms with Crippen LogP contribution in [-0.4, -0.2) is 48.7 Å². The number of benzene rings is 3. The quantitative estimate of drug-likeness (QED) is 0.334. The van der Waals surface area contributed by atoms with Gasteiger partial charge in [-0.3, -0.25) is 9.59 Å². The third kappa shape index (κ3) is 4.95. The number of esters is 1. The van der Waals surface area contributed by atoms with Gasteiger partial charge in [-0.2, -0.15) is 0 Å². The van der Waals surface area contributed by atoms with Gasteiger partial charge in [0, 0.05) is 6.92 Å². The summed E-state index contributed by atoms with van der Waals surface area (Å²) >= 11 is 0. The summed E-state index contributed by atoms with van der Waals surface area (Å²) < 4.78 is 29.7. The molecular weight excluding hydrogens is 472 g/mol. The van der Waals surface area contributed by atoms with E-state index in [0.717, 1.165) is 16.7 Å². The van der Waals surface area contributed by atoms with Gasteiger partial charge in [0.25, 0.3) is 0 Å². The second kappa shape index (κ2) is 10.2. The topological polar surface area (TPSA) is 80.3 Å². The number of ketones is 1. The lowest BCUT2D eigenvalue weighted by Gasteiger charge is -2.36. The van der Waals surface area contributed by atoms with E-state index in [0.29, 0.717) is 0 Å². The molecule has 0 spiro atoms. The number of Topliss-reactive ketones (excluding diaryl/α,β-unsaturated/α-hetero) is 1. The minimum Gasteiger partial charge on any atom is -0.456 e. The van der Waals surface area contributed by atoms with Crippen LogP contribution in [0.15, 0.2) is 91.0 Å². The molecule has 3 aromatic rings. The average Bonchev–Trinajstić information content (AvgIpc) is 3.38. The highest BCUT2D eigenvalue weighted by molar-refractivity contribution is 5.86. The van der Waals surface area contributed by atoms with Crippen LogP contribution >= 0.6 is 0 Å². The second-order valence-electron chi connectivity index (χ2n) is 9.63. The van der Waals surface area contributed by atoms with Crippen molar-refractivity contribution in [1.29, 1.82) is 0 Å². The highest BCUT2D eigenvalue weighted by Crippen LogP contribution is 2.42. The van der Waals surface area contributed by atoms with E-state index in [4.69, 9.17) is 23.7 Å². The van der Waals surface area contributed by atoms with E-state index in [1.807, 2.05) is 91.0 Å². The lowest BCUT2D eigenvalue weighted by Crippen LogP contribution is -2.44. The number of rotatable bonds is 8. The van der Waals surface area contributed by atoms with E-state index >= 15 is 0 Å². The number of ether oxygens (including phenoxy) is 5. The Hall–Kier alpha value is -3.36. The summed E-state index contributed by atoms with van der Waals surface area (Å²) in [5, 5.41) is 0. The largest absolute Gasteiger partial charge is 0.456 e. The van der Waals surface area contributed by atoms with E-state index in [9.17, 15) is 9.59 Å². The van der Waals surface area contributed by atoms with Crippen molar-refractivity contribution in [3.63, 3.8) is 0 Å². The third-order valence-electron chi connectivity index (χ3n) is 6.58. The molecule has 2 aliphatic rings. The van der Waals surface area contributed by atoms with Gasteiger partial charge in [0.1, 0.15) is 12.2 Å². The van der Waals surface area contributed by atoms with Crippen LogP contribution in [0, 0.1) is 0 Å². The molecule has 0 amide bonds. The molecule has 2 fully saturated rings. The summed E-state index contributed by atoms with van der Waals surface area (Å²) in [5.41, 5.74) is 1.54. The molecule has 0 aliphatic carbocycles. The summed E-state index contributed by atoms with van der Waals surface area (Å²) in [6.07, 6.45) is -3.57. The Morgan fingerprint density at radius 2 is 1.30 bits per heavy atom. The van der Waals surface area contributed by atoms with E-state index in [-0.39, 0.29) is 12.4 Å². The Morgan fingerprint density at radius 1 is 0.811 bits per heavy atom. The summed E-state index contributed by atoms with van der Waals surface area (Å²) in [6, 6.07) is 29.3. The Balaban J connectivity index is 1.49. The first kappa shape index (κ1) is 25.3. The molecule has 2 heterocycles. The normalized spacial score (nSPS) is 24.4. The minimum absolute atomic E-state index is 0.302. The average molecular weight is 503 g/mol. The molecule has 2 aliphatic heterocycles. The second-order valence-corrected chi connectivity index (χ2v) is 9.63. The molecule has 7 heteroatoms. The van der Waals surface area contributed by atoms with E-state index in [1.165, 1.54) is 6.92 Å². The van der Waals surface area contributed by atoms with Crippen molar-refractivity contribution in [3.05, 3.63) is 108 Å². The highest BCUT2D eigenvalue weighted by atomic mass is 16.8. The van der Waals surface area contributed by atoms with Crippen molar-refractivity contribution >= 4 is 11.8 Å². The fourth-order valence-corrected chi connectivity index (χ4v) is 5.09. The van der Waals surface area contributed by atoms with Crippen LogP contribution < -0.4 is 0 Å². The number of carbonyl (C=O) groups is 2. The zero-order valence-corrected chi connectivity index (χ0v) is 21.0. The number of hydrogen-bond acceptors (Lipinski definition) is 7. The summed E-state index contributed by atoms with van der Waals surface area (Å²) in [5.74, 6) is -1.83. The van der Waals surface area contributed by atoms with Crippen LogP contribution in [0.5, 0.6) is 0 Å². The summed E-state index contributed by atoms with van der Waals surface area (Å²) in [6.45, 7) is 4.47. The Kier molecular flexibility index (Phi) is 6.96. The molecular formula is C30H30O7. The molecule has 192 valence electrons. The van der Waals surface area contributed by atoms with Crippen molar-refractivity contribution in [1.82, 2.24) is 0 Å². The van der Waals surface area contributed by atoms with E-state index in [1.54, 1.807) is 13.8 Å². The first-order valence-electron chi connectivity index (χ1n) is 12.3. The maximum atomic E-state index is 13.6. The molecule has 2 saturated heterocycles. The standard InChI is InChI=1S/C30H30O7/c1-20(31)34-26-25(35-28-27(26)36-29(2,3)37-28)24(32)19-33-30(21-13-7-4-8-14-21,22-15-9-5-10-16-22)23-17-11-6-12-18-23/h4-18,25-28H,19H2,1-3H3/t25-,26-,27+,28+/m0/s1. The summed E-state index contributed by atoms with van der Waals surface area (Å²) in [7, 11) is 0. The van der Waals surface area contributed by atoms with Gasteiger partial charge in [0.2, 0.25) is 0 Å². The molecule has 7 nitrogen and oxygen atoms in total. The zero-order chi connectivity index (χ0) is 26.0. The van der Waals surface area contributed by atoms with Crippen LogP contribution in [0.4, 0.5) is 0 Å². The van der Waals surface area contributed by atoms with Crippen molar-refractivity contribution in [2.24, 2.45) is 0 Å². The maximum absolute atomic E-state index is 13.6. The molecule has 0 aromatic heterocycles. The molecule has 0 bridgehead atoms. The molecule has 5 rings (SSSR count). The van der Waals surface area contributed by atoms with Crippen LogP contribution in [0.1, 0.15) is 37.5 Å². The van der Waals surface area contributed by atoms with Crippen molar-refractivity contribution in [2.45, 2.75) is 56.8 Å². The number of carbonyl (C=O) groups excluding carboxylic acids is 2. The SMILES string of the molecule is CC(=O)O[C@@H]1[C@H]2OC(C)(C)O[C@H]2O[C@H]1C(=O)COC(c1ccccc1)(c1ccccc1)c1ccccc1. The predicted molar refractivity (Wildman–Crippen MR) is 134 cm³/mol. The maximum Gasteiger partial charge on any atom is 0.303 e. The zero-order valence-electron chi connectivity index (χ0n) is 21.0.